The van der Waals surface area contributed by atoms with Crippen LogP contribution in [0.4, 0.5) is 0 Å². The van der Waals surface area contributed by atoms with Crippen molar-refractivity contribution in [2.45, 2.75) is 112 Å². The molecule has 6 rings (SSSR count). The van der Waals surface area contributed by atoms with E-state index in [1.54, 1.807) is 30.3 Å². The van der Waals surface area contributed by atoms with Crippen molar-refractivity contribution in [3.8, 4) is 5.75 Å². The number of hydrogen-bond acceptors (Lipinski definition) is 5. The molecule has 0 aliphatic heterocycles. The highest BCUT2D eigenvalue weighted by Gasteiger charge is 2.72. The number of phenolic OH excluding ortho intramolecular Hbond substituents is 1. The number of carbonyl (C=O) groups excluding carboxylic acids is 1. The highest BCUT2D eigenvalue weighted by Crippen LogP contribution is 2.77. The second-order valence-corrected chi connectivity index (χ2v) is 17.0. The molecule has 5 nitrogen and oxygen atoms in total. The van der Waals surface area contributed by atoms with E-state index in [0.29, 0.717) is 36.7 Å². The van der Waals surface area contributed by atoms with Crippen molar-refractivity contribution in [3.63, 3.8) is 0 Å². The van der Waals surface area contributed by atoms with Gasteiger partial charge in [0.2, 0.25) is 0 Å². The normalized spacial score (nSPS) is 46.0. The maximum absolute atomic E-state index is 13.0. The summed E-state index contributed by atoms with van der Waals surface area (Å²) in [7, 11) is 0. The molecule has 0 bridgehead atoms. The minimum absolute atomic E-state index is 0.0399. The number of rotatable bonds is 5. The van der Waals surface area contributed by atoms with E-state index >= 15 is 0 Å². The Morgan fingerprint density at radius 2 is 1.66 bits per heavy atom. The molecule has 0 aromatic heterocycles. The van der Waals surface area contributed by atoms with Crippen LogP contribution in [0, 0.1) is 56.7 Å². The summed E-state index contributed by atoms with van der Waals surface area (Å²) in [4.78, 5) is 13.0. The minimum Gasteiger partial charge on any atom is -0.508 e. The summed E-state index contributed by atoms with van der Waals surface area (Å²) in [6.07, 6.45) is 11.7. The average molecular weight is 605 g/mol. The van der Waals surface area contributed by atoms with Crippen LogP contribution in [0.25, 0.3) is 6.08 Å². The van der Waals surface area contributed by atoms with E-state index in [2.05, 4.69) is 48.1 Å². The number of benzene rings is 1. The van der Waals surface area contributed by atoms with Crippen molar-refractivity contribution in [1.82, 2.24) is 0 Å². The lowest BCUT2D eigenvalue weighted by Crippen LogP contribution is -2.70. The van der Waals surface area contributed by atoms with Crippen molar-refractivity contribution in [3.05, 3.63) is 48.1 Å². The summed E-state index contributed by atoms with van der Waals surface area (Å²) < 4.78 is 6.12. The van der Waals surface area contributed by atoms with Gasteiger partial charge in [-0.1, -0.05) is 58.9 Å². The van der Waals surface area contributed by atoms with Crippen LogP contribution in [0.1, 0.15) is 105 Å². The Morgan fingerprint density at radius 3 is 2.32 bits per heavy atom. The number of aliphatic hydroxyl groups excluding tert-OH is 2. The number of aromatic hydroxyl groups is 1. The fourth-order valence-corrected chi connectivity index (χ4v) is 12.6. The largest absolute Gasteiger partial charge is 0.508 e. The monoisotopic (exact) mass is 604 g/mol. The summed E-state index contributed by atoms with van der Waals surface area (Å²) >= 11 is 0. The van der Waals surface area contributed by atoms with Crippen LogP contribution in [-0.4, -0.2) is 40.1 Å². The van der Waals surface area contributed by atoms with Gasteiger partial charge in [0.25, 0.3) is 0 Å². The molecule has 0 unspecified atom stereocenters. The number of phenols is 1. The molecule has 5 aliphatic carbocycles. The fourth-order valence-electron chi connectivity index (χ4n) is 12.6. The molecule has 11 atom stereocenters. The van der Waals surface area contributed by atoms with Crippen LogP contribution in [0.2, 0.25) is 0 Å². The zero-order chi connectivity index (χ0) is 31.9. The molecule has 44 heavy (non-hydrogen) atoms. The molecule has 5 heteroatoms. The highest BCUT2D eigenvalue weighted by molar-refractivity contribution is 5.87. The Morgan fingerprint density at radius 1 is 0.955 bits per heavy atom. The van der Waals surface area contributed by atoms with E-state index in [-0.39, 0.29) is 50.8 Å². The van der Waals surface area contributed by atoms with Crippen LogP contribution in [0.15, 0.2) is 42.5 Å². The van der Waals surface area contributed by atoms with Crippen molar-refractivity contribution in [1.29, 1.82) is 0 Å². The molecule has 5 fully saturated rings. The van der Waals surface area contributed by atoms with Crippen LogP contribution < -0.4 is 0 Å². The van der Waals surface area contributed by atoms with Crippen molar-refractivity contribution < 1.29 is 24.9 Å². The van der Waals surface area contributed by atoms with E-state index in [9.17, 15) is 20.1 Å². The third-order valence-corrected chi connectivity index (χ3v) is 15.2. The molecule has 0 amide bonds. The van der Waals surface area contributed by atoms with Gasteiger partial charge in [-0.2, -0.15) is 0 Å². The lowest BCUT2D eigenvalue weighted by atomic mass is 9.32. The summed E-state index contributed by atoms with van der Waals surface area (Å²) in [5.41, 5.74) is 1.86. The summed E-state index contributed by atoms with van der Waals surface area (Å²) in [5, 5.41) is 32.4. The van der Waals surface area contributed by atoms with Crippen molar-refractivity contribution in [2.24, 2.45) is 56.7 Å². The molecule has 0 radical (unpaired) electrons. The zero-order valence-electron chi connectivity index (χ0n) is 27.9. The number of allylic oxidation sites excluding steroid dienone is 1. The van der Waals surface area contributed by atoms with Gasteiger partial charge in [-0.3, -0.25) is 0 Å². The molecular weight excluding hydrogens is 548 g/mol. The van der Waals surface area contributed by atoms with Gasteiger partial charge in [-0.05, 0) is 128 Å². The first kappa shape index (κ1) is 31.9. The summed E-state index contributed by atoms with van der Waals surface area (Å²) in [6.45, 7) is 19.0. The van der Waals surface area contributed by atoms with Crippen LogP contribution >= 0.6 is 0 Å². The first-order valence-corrected chi connectivity index (χ1v) is 17.3. The topological polar surface area (TPSA) is 87.0 Å². The van der Waals surface area contributed by atoms with Gasteiger partial charge in [0.15, 0.2) is 0 Å². The standard InChI is InChI=1S/C39H56O5/c1-24(2)27-16-19-39(23-40)21-20-36(5)28(34(27)39)13-14-30-37(36,6)18-17-29-35(3,4)32(22-31(42)38(29,30)7)44-33(43)15-10-25-8-11-26(41)12-9-25/h8-12,15,27-32,34,40-42H,1,13-14,16-23H2,2-7H3/b15-10-/t27-,28+,29-,30-,31+,32-,34+,36+,37+,38-,39+/m0/s1. The SMILES string of the molecule is C=C(C)[C@@H]1CC[C@]2(CO)CC[C@]3(C)[C@H](CC[C@@H]4[C@@]5(C)[C@H](O)C[C@H](OC(=O)/C=C\c6ccc(O)cc6)C(C)(C)[C@@H]5CC[C@]43C)[C@@H]12. The van der Waals surface area contributed by atoms with Crippen molar-refractivity contribution >= 4 is 12.0 Å². The van der Waals surface area contributed by atoms with E-state index in [1.165, 1.54) is 11.6 Å². The Balaban J connectivity index is 1.26. The fraction of sp³-hybridized carbons (Fsp3) is 0.718. The number of hydrogen-bond donors (Lipinski definition) is 3. The molecule has 0 saturated heterocycles. The molecule has 1 aromatic carbocycles. The summed E-state index contributed by atoms with van der Waals surface area (Å²) in [5.74, 6) is 1.99. The van der Waals surface area contributed by atoms with Crippen LogP contribution in [-0.2, 0) is 9.53 Å². The summed E-state index contributed by atoms with van der Waals surface area (Å²) in [6, 6.07) is 6.71. The van der Waals surface area contributed by atoms with Crippen molar-refractivity contribution in [2.75, 3.05) is 6.61 Å². The Bertz CT molecular complexity index is 1310. The van der Waals surface area contributed by atoms with Gasteiger partial charge < -0.3 is 20.1 Å². The number of aliphatic hydroxyl groups is 2. The molecule has 5 saturated carbocycles. The molecule has 5 aliphatic rings. The zero-order valence-corrected chi connectivity index (χ0v) is 27.9. The van der Waals surface area contributed by atoms with Gasteiger partial charge in [0.1, 0.15) is 11.9 Å². The van der Waals surface area contributed by atoms with E-state index < -0.39 is 6.10 Å². The Labute approximate surface area is 265 Å². The maximum Gasteiger partial charge on any atom is 0.331 e. The van der Waals surface area contributed by atoms with Gasteiger partial charge in [0, 0.05) is 29.9 Å². The highest BCUT2D eigenvalue weighted by atomic mass is 16.5. The molecule has 3 N–H and O–H groups in total. The third-order valence-electron chi connectivity index (χ3n) is 15.2. The number of carbonyl (C=O) groups is 1. The number of esters is 1. The third kappa shape index (κ3) is 4.42. The first-order chi connectivity index (χ1) is 20.6. The van der Waals surface area contributed by atoms with E-state index in [0.717, 1.165) is 56.9 Å². The van der Waals surface area contributed by atoms with Crippen LogP contribution in [0.5, 0.6) is 5.75 Å². The second-order valence-electron chi connectivity index (χ2n) is 17.0. The van der Waals surface area contributed by atoms with E-state index in [4.69, 9.17) is 4.74 Å². The number of ether oxygens (including phenoxy) is 1. The van der Waals surface area contributed by atoms with Gasteiger partial charge in [-0.15, -0.1) is 0 Å². The second kappa shape index (κ2) is 10.7. The first-order valence-electron chi connectivity index (χ1n) is 17.3. The quantitative estimate of drug-likeness (QED) is 0.180. The number of fused-ring (bicyclic) bond motifs is 7. The molecule has 0 heterocycles. The van der Waals surface area contributed by atoms with Gasteiger partial charge in [-0.25, -0.2) is 4.79 Å². The van der Waals surface area contributed by atoms with Crippen LogP contribution in [0.3, 0.4) is 0 Å². The molecular formula is C39H56O5. The smallest absolute Gasteiger partial charge is 0.331 e. The molecule has 242 valence electrons. The van der Waals surface area contributed by atoms with Gasteiger partial charge >= 0.3 is 5.97 Å². The Hall–Kier alpha value is -2.11. The maximum atomic E-state index is 13.0. The molecule has 1 aromatic rings. The lowest BCUT2D eigenvalue weighted by Gasteiger charge is -2.73. The lowest BCUT2D eigenvalue weighted by molar-refractivity contribution is -0.276. The minimum atomic E-state index is -0.543. The van der Waals surface area contributed by atoms with Gasteiger partial charge in [0.05, 0.1) is 6.10 Å². The van der Waals surface area contributed by atoms with E-state index in [1.807, 2.05) is 0 Å². The molecule has 0 spiro atoms. The Kier molecular flexibility index (Phi) is 7.76. The average Bonchev–Trinajstić information content (AvgIpc) is 3.37. The predicted molar refractivity (Wildman–Crippen MR) is 174 cm³/mol. The predicted octanol–water partition coefficient (Wildman–Crippen LogP) is 7.94.